The van der Waals surface area contributed by atoms with Crippen LogP contribution in [0.2, 0.25) is 0 Å². The van der Waals surface area contributed by atoms with Gasteiger partial charge in [0.15, 0.2) is 0 Å². The number of benzene rings is 2. The molecule has 0 radical (unpaired) electrons. The maximum atomic E-state index is 4.47. The number of para-hydroxylation sites is 1. The molecule has 20 heavy (non-hydrogen) atoms. The Labute approximate surface area is 116 Å². The predicted molar refractivity (Wildman–Crippen MR) is 81.1 cm³/mol. The number of aryl methyl sites for hydroxylation is 1. The summed E-state index contributed by atoms with van der Waals surface area (Å²) >= 11 is 0. The van der Waals surface area contributed by atoms with Crippen molar-refractivity contribution < 1.29 is 0 Å². The molecular weight excluding hydrogens is 246 g/mol. The molecule has 0 bridgehead atoms. The van der Waals surface area contributed by atoms with E-state index in [9.17, 15) is 0 Å². The van der Waals surface area contributed by atoms with Gasteiger partial charge in [-0.15, -0.1) is 0 Å². The minimum absolute atomic E-state index is 0.949. The number of fused-ring (bicyclic) bond motifs is 3. The van der Waals surface area contributed by atoms with E-state index in [-0.39, 0.29) is 0 Å². The maximum absolute atomic E-state index is 4.47. The van der Waals surface area contributed by atoms with Gasteiger partial charge in [0.25, 0.3) is 0 Å². The van der Waals surface area contributed by atoms with Crippen LogP contribution in [0.4, 0.5) is 0 Å². The Morgan fingerprint density at radius 2 is 1.70 bits per heavy atom. The highest BCUT2D eigenvalue weighted by Gasteiger charge is 2.12. The van der Waals surface area contributed by atoms with Crippen LogP contribution >= 0.6 is 0 Å². The van der Waals surface area contributed by atoms with E-state index in [2.05, 4.69) is 63.9 Å². The van der Waals surface area contributed by atoms with E-state index in [1.807, 2.05) is 12.3 Å². The molecule has 0 fully saturated rings. The van der Waals surface area contributed by atoms with Crippen molar-refractivity contribution in [1.29, 1.82) is 0 Å². The number of hydrogen-bond donors (Lipinski definition) is 0. The summed E-state index contributed by atoms with van der Waals surface area (Å²) in [6, 6.07) is 16.8. The van der Waals surface area contributed by atoms with Crippen LogP contribution < -0.4 is 0 Å². The standard InChI is InChI=1S/C17H13N3/c1-12-6-8-13(9-7-12)20-16-5-3-2-4-14(16)15-10-18-11-19-17(15)20/h2-11H,1H3. The Morgan fingerprint density at radius 3 is 2.55 bits per heavy atom. The number of hydrogen-bond acceptors (Lipinski definition) is 2. The summed E-state index contributed by atoms with van der Waals surface area (Å²) < 4.78 is 2.19. The zero-order valence-corrected chi connectivity index (χ0v) is 11.1. The van der Waals surface area contributed by atoms with E-state index < -0.39 is 0 Å². The minimum Gasteiger partial charge on any atom is -0.294 e. The Balaban J connectivity index is 2.17. The lowest BCUT2D eigenvalue weighted by molar-refractivity contribution is 1.11. The average molecular weight is 259 g/mol. The molecule has 2 aromatic carbocycles. The predicted octanol–water partition coefficient (Wildman–Crippen LogP) is 3.88. The van der Waals surface area contributed by atoms with Crippen molar-refractivity contribution >= 4 is 21.9 Å². The molecule has 0 N–H and O–H groups in total. The van der Waals surface area contributed by atoms with Gasteiger partial charge in [-0.1, -0.05) is 35.9 Å². The smallest absolute Gasteiger partial charge is 0.148 e. The van der Waals surface area contributed by atoms with E-state index in [1.54, 1.807) is 6.33 Å². The van der Waals surface area contributed by atoms with E-state index >= 15 is 0 Å². The Bertz CT molecular complexity index is 851. The van der Waals surface area contributed by atoms with Gasteiger partial charge in [-0.3, -0.25) is 4.57 Å². The van der Waals surface area contributed by atoms with Gasteiger partial charge < -0.3 is 0 Å². The second-order valence-electron chi connectivity index (χ2n) is 4.95. The third-order valence-corrected chi connectivity index (χ3v) is 3.63. The van der Waals surface area contributed by atoms with Crippen LogP contribution in [0.3, 0.4) is 0 Å². The topological polar surface area (TPSA) is 30.7 Å². The molecule has 0 saturated heterocycles. The number of aromatic nitrogens is 3. The fourth-order valence-electron chi connectivity index (χ4n) is 2.66. The zero-order valence-electron chi connectivity index (χ0n) is 11.1. The largest absolute Gasteiger partial charge is 0.294 e. The number of rotatable bonds is 1. The SMILES string of the molecule is Cc1ccc(-n2c3ccccc3c3cncnc32)cc1. The summed E-state index contributed by atoms with van der Waals surface area (Å²) in [7, 11) is 0. The Hall–Kier alpha value is -2.68. The van der Waals surface area contributed by atoms with Crippen LogP contribution in [-0.2, 0) is 0 Å². The molecule has 2 heterocycles. The van der Waals surface area contributed by atoms with Crippen LogP contribution in [0, 0.1) is 6.92 Å². The maximum Gasteiger partial charge on any atom is 0.148 e. The highest BCUT2D eigenvalue weighted by Crippen LogP contribution is 2.29. The monoisotopic (exact) mass is 259 g/mol. The second-order valence-corrected chi connectivity index (χ2v) is 4.95. The van der Waals surface area contributed by atoms with Crippen LogP contribution in [0.5, 0.6) is 0 Å². The molecule has 3 nitrogen and oxygen atoms in total. The van der Waals surface area contributed by atoms with E-state index in [4.69, 9.17) is 0 Å². The van der Waals surface area contributed by atoms with Crippen LogP contribution in [-0.4, -0.2) is 14.5 Å². The van der Waals surface area contributed by atoms with Crippen molar-refractivity contribution in [3.63, 3.8) is 0 Å². The lowest BCUT2D eigenvalue weighted by Crippen LogP contribution is -1.95. The fraction of sp³-hybridized carbons (Fsp3) is 0.0588. The van der Waals surface area contributed by atoms with Crippen molar-refractivity contribution in [3.8, 4) is 5.69 Å². The molecule has 4 aromatic rings. The third kappa shape index (κ3) is 1.53. The van der Waals surface area contributed by atoms with E-state index in [0.717, 1.165) is 22.2 Å². The van der Waals surface area contributed by atoms with E-state index in [1.165, 1.54) is 10.9 Å². The molecule has 96 valence electrons. The lowest BCUT2D eigenvalue weighted by Gasteiger charge is -2.06. The minimum atomic E-state index is 0.949. The first kappa shape index (κ1) is 11.2. The quantitative estimate of drug-likeness (QED) is 0.519. The molecule has 0 unspecified atom stereocenters. The van der Waals surface area contributed by atoms with Gasteiger partial charge in [0.1, 0.15) is 12.0 Å². The summed E-state index contributed by atoms with van der Waals surface area (Å²) in [5.74, 6) is 0. The fourth-order valence-corrected chi connectivity index (χ4v) is 2.66. The molecule has 4 rings (SSSR count). The first-order valence-electron chi connectivity index (χ1n) is 6.61. The molecule has 3 heteroatoms. The van der Waals surface area contributed by atoms with Gasteiger partial charge in [-0.05, 0) is 25.1 Å². The first-order chi connectivity index (χ1) is 9.84. The average Bonchev–Trinajstić information content (AvgIpc) is 2.83. The molecule has 0 atom stereocenters. The van der Waals surface area contributed by atoms with Gasteiger partial charge in [-0.25, -0.2) is 9.97 Å². The molecule has 0 spiro atoms. The molecular formula is C17H13N3. The molecule has 0 aliphatic carbocycles. The zero-order chi connectivity index (χ0) is 13.5. The van der Waals surface area contributed by atoms with Crippen LogP contribution in [0.25, 0.3) is 27.6 Å². The van der Waals surface area contributed by atoms with E-state index in [0.29, 0.717) is 0 Å². The third-order valence-electron chi connectivity index (χ3n) is 3.63. The Morgan fingerprint density at radius 1 is 0.900 bits per heavy atom. The highest BCUT2D eigenvalue weighted by molar-refractivity contribution is 6.07. The summed E-state index contributed by atoms with van der Waals surface area (Å²) in [6.07, 6.45) is 3.49. The normalized spacial score (nSPS) is 11.2. The van der Waals surface area contributed by atoms with Gasteiger partial charge in [0, 0.05) is 22.7 Å². The molecule has 0 aliphatic heterocycles. The van der Waals surface area contributed by atoms with Gasteiger partial charge in [0.2, 0.25) is 0 Å². The summed E-state index contributed by atoms with van der Waals surface area (Å²) in [5, 5.41) is 2.27. The summed E-state index contributed by atoms with van der Waals surface area (Å²) in [5.41, 5.74) is 4.49. The number of nitrogens with zero attached hydrogens (tertiary/aromatic N) is 3. The lowest BCUT2D eigenvalue weighted by atomic mass is 10.2. The molecule has 0 amide bonds. The molecule has 0 saturated carbocycles. The van der Waals surface area contributed by atoms with Crippen molar-refractivity contribution in [2.45, 2.75) is 6.92 Å². The summed E-state index contributed by atoms with van der Waals surface area (Å²) in [6.45, 7) is 2.10. The first-order valence-corrected chi connectivity index (χ1v) is 6.61. The van der Waals surface area contributed by atoms with Crippen molar-refractivity contribution in [1.82, 2.24) is 14.5 Å². The van der Waals surface area contributed by atoms with Crippen molar-refractivity contribution in [2.24, 2.45) is 0 Å². The second kappa shape index (κ2) is 4.17. The van der Waals surface area contributed by atoms with Crippen LogP contribution in [0.1, 0.15) is 5.56 Å². The molecule has 0 aliphatic rings. The van der Waals surface area contributed by atoms with Gasteiger partial charge in [0.05, 0.1) is 5.52 Å². The summed E-state index contributed by atoms with van der Waals surface area (Å²) in [4.78, 5) is 8.63. The van der Waals surface area contributed by atoms with Crippen molar-refractivity contribution in [3.05, 3.63) is 66.6 Å². The van der Waals surface area contributed by atoms with Gasteiger partial charge >= 0.3 is 0 Å². The molecule has 2 aromatic heterocycles. The Kier molecular flexibility index (Phi) is 2.33. The van der Waals surface area contributed by atoms with Gasteiger partial charge in [-0.2, -0.15) is 0 Å². The van der Waals surface area contributed by atoms with Crippen LogP contribution in [0.15, 0.2) is 61.1 Å². The van der Waals surface area contributed by atoms with Crippen molar-refractivity contribution in [2.75, 3.05) is 0 Å². The highest BCUT2D eigenvalue weighted by atomic mass is 15.1.